The summed E-state index contributed by atoms with van der Waals surface area (Å²) in [6, 6.07) is 14.9. The topological polar surface area (TPSA) is 32.8 Å². The molecule has 2 atom stereocenters. The van der Waals surface area contributed by atoms with Crippen LogP contribution in [-0.4, -0.2) is 47.5 Å². The van der Waals surface area contributed by atoms with Crippen molar-refractivity contribution < 1.29 is 13.9 Å². The summed E-state index contributed by atoms with van der Waals surface area (Å²) >= 11 is 0. The third kappa shape index (κ3) is 5.36. The Morgan fingerprint density at radius 3 is 2.45 bits per heavy atom. The van der Waals surface area contributed by atoms with Gasteiger partial charge in [0.05, 0.1) is 0 Å². The molecule has 1 aliphatic rings. The van der Waals surface area contributed by atoms with E-state index < -0.39 is 0 Å². The van der Waals surface area contributed by atoms with Crippen LogP contribution in [0.2, 0.25) is 0 Å². The maximum Gasteiger partial charge on any atom is 0.260 e. The highest BCUT2D eigenvalue weighted by molar-refractivity contribution is 5.78. The number of carbonyl (C=O) groups excluding carboxylic acids is 1. The fourth-order valence-corrected chi connectivity index (χ4v) is 3.90. The number of para-hydroxylation sites is 1. The number of halogens is 1. The van der Waals surface area contributed by atoms with E-state index in [-0.39, 0.29) is 30.4 Å². The van der Waals surface area contributed by atoms with Crippen LogP contribution in [0, 0.1) is 5.82 Å². The van der Waals surface area contributed by atoms with Crippen LogP contribution in [0.5, 0.6) is 5.75 Å². The summed E-state index contributed by atoms with van der Waals surface area (Å²) in [5, 5.41) is 0. The third-order valence-electron chi connectivity index (χ3n) is 5.63. The van der Waals surface area contributed by atoms with Gasteiger partial charge >= 0.3 is 0 Å². The van der Waals surface area contributed by atoms with E-state index >= 15 is 0 Å². The Labute approximate surface area is 173 Å². The Kier molecular flexibility index (Phi) is 6.91. The van der Waals surface area contributed by atoms with E-state index in [0.29, 0.717) is 12.5 Å². The maximum atomic E-state index is 13.1. The molecule has 2 aromatic carbocycles. The van der Waals surface area contributed by atoms with E-state index in [2.05, 4.69) is 32.6 Å². The predicted octanol–water partition coefficient (Wildman–Crippen LogP) is 4.45. The molecule has 1 heterocycles. The molecule has 2 unspecified atom stereocenters. The van der Waals surface area contributed by atoms with Gasteiger partial charge in [0.1, 0.15) is 11.6 Å². The summed E-state index contributed by atoms with van der Waals surface area (Å²) in [6.45, 7) is 10.7. The molecular formula is C24H31FN2O2. The molecule has 0 saturated carbocycles. The van der Waals surface area contributed by atoms with Crippen LogP contribution < -0.4 is 4.74 Å². The summed E-state index contributed by atoms with van der Waals surface area (Å²) in [4.78, 5) is 17.1. The maximum absolute atomic E-state index is 13.1. The van der Waals surface area contributed by atoms with Gasteiger partial charge in [-0.3, -0.25) is 9.69 Å². The zero-order valence-corrected chi connectivity index (χ0v) is 17.8. The van der Waals surface area contributed by atoms with Gasteiger partial charge in [0.15, 0.2) is 6.61 Å². The molecule has 1 saturated heterocycles. The molecule has 0 aromatic heterocycles. The van der Waals surface area contributed by atoms with Crippen molar-refractivity contribution in [1.29, 1.82) is 0 Å². The van der Waals surface area contributed by atoms with Gasteiger partial charge < -0.3 is 9.64 Å². The molecule has 0 aliphatic carbocycles. The molecule has 156 valence electrons. The van der Waals surface area contributed by atoms with Crippen LogP contribution in [0.25, 0.3) is 0 Å². The van der Waals surface area contributed by atoms with Crippen molar-refractivity contribution in [3.8, 4) is 5.75 Å². The minimum Gasteiger partial charge on any atom is -0.483 e. The Hall–Kier alpha value is -2.40. The number of ether oxygens (including phenoxy) is 1. The lowest BCUT2D eigenvalue weighted by atomic mass is 10.0. The van der Waals surface area contributed by atoms with E-state index in [0.717, 1.165) is 30.0 Å². The van der Waals surface area contributed by atoms with Gasteiger partial charge in [-0.2, -0.15) is 0 Å². The molecule has 0 radical (unpaired) electrons. The van der Waals surface area contributed by atoms with Crippen molar-refractivity contribution in [2.45, 2.75) is 52.2 Å². The van der Waals surface area contributed by atoms with Crippen LogP contribution in [0.4, 0.5) is 4.39 Å². The van der Waals surface area contributed by atoms with Crippen LogP contribution in [-0.2, 0) is 11.3 Å². The summed E-state index contributed by atoms with van der Waals surface area (Å²) in [7, 11) is 0. The average molecular weight is 399 g/mol. The SMILES string of the molecule is CC(C)c1ccccc1OCC(=O)N1CC(C)N(Cc2ccc(F)cc2)CC1C. The first-order valence-corrected chi connectivity index (χ1v) is 10.3. The standard InChI is InChI=1S/C24H31FN2O2/c1-17(2)22-7-5-6-8-23(22)29-16-24(28)27-14-18(3)26(13-19(27)4)15-20-9-11-21(25)12-10-20/h5-12,17-19H,13-16H2,1-4H3. The molecular weight excluding hydrogens is 367 g/mol. The van der Waals surface area contributed by atoms with E-state index in [1.807, 2.05) is 41.3 Å². The lowest BCUT2D eigenvalue weighted by Crippen LogP contribution is -2.58. The average Bonchev–Trinajstić information content (AvgIpc) is 2.70. The number of benzene rings is 2. The van der Waals surface area contributed by atoms with E-state index in [4.69, 9.17) is 4.74 Å². The Morgan fingerprint density at radius 2 is 1.76 bits per heavy atom. The second-order valence-corrected chi connectivity index (χ2v) is 8.28. The monoisotopic (exact) mass is 398 g/mol. The quantitative estimate of drug-likeness (QED) is 0.721. The molecule has 2 aromatic rings. The predicted molar refractivity (Wildman–Crippen MR) is 113 cm³/mol. The largest absolute Gasteiger partial charge is 0.483 e. The molecule has 1 aliphatic heterocycles. The van der Waals surface area contributed by atoms with Gasteiger partial charge in [0, 0.05) is 31.7 Å². The highest BCUT2D eigenvalue weighted by atomic mass is 19.1. The van der Waals surface area contributed by atoms with Gasteiger partial charge in [0.25, 0.3) is 5.91 Å². The van der Waals surface area contributed by atoms with Gasteiger partial charge in [-0.05, 0) is 49.1 Å². The first-order chi connectivity index (χ1) is 13.8. The van der Waals surface area contributed by atoms with Gasteiger partial charge in [-0.25, -0.2) is 4.39 Å². The molecule has 1 fully saturated rings. The van der Waals surface area contributed by atoms with E-state index in [1.54, 1.807) is 0 Å². The smallest absolute Gasteiger partial charge is 0.260 e. The zero-order valence-electron chi connectivity index (χ0n) is 17.8. The molecule has 29 heavy (non-hydrogen) atoms. The summed E-state index contributed by atoms with van der Waals surface area (Å²) in [6.07, 6.45) is 0. The summed E-state index contributed by atoms with van der Waals surface area (Å²) < 4.78 is 19.0. The van der Waals surface area contributed by atoms with Crippen molar-refractivity contribution in [2.75, 3.05) is 19.7 Å². The Balaban J connectivity index is 1.58. The van der Waals surface area contributed by atoms with Crippen molar-refractivity contribution in [1.82, 2.24) is 9.80 Å². The number of hydrogen-bond acceptors (Lipinski definition) is 3. The van der Waals surface area contributed by atoms with Gasteiger partial charge in [-0.15, -0.1) is 0 Å². The van der Waals surface area contributed by atoms with Gasteiger partial charge in [-0.1, -0.05) is 44.2 Å². The number of carbonyl (C=O) groups is 1. The molecule has 4 nitrogen and oxygen atoms in total. The number of piperazine rings is 1. The van der Waals surface area contributed by atoms with Crippen LogP contribution in [0.1, 0.15) is 44.7 Å². The van der Waals surface area contributed by atoms with Crippen LogP contribution in [0.15, 0.2) is 48.5 Å². The first-order valence-electron chi connectivity index (χ1n) is 10.3. The molecule has 1 amide bonds. The van der Waals surface area contributed by atoms with Gasteiger partial charge in [0.2, 0.25) is 0 Å². The highest BCUT2D eigenvalue weighted by Crippen LogP contribution is 2.26. The molecule has 3 rings (SSSR count). The first kappa shape index (κ1) is 21.3. The fourth-order valence-electron chi connectivity index (χ4n) is 3.90. The second-order valence-electron chi connectivity index (χ2n) is 8.28. The zero-order chi connectivity index (χ0) is 21.0. The molecule has 5 heteroatoms. The fraction of sp³-hybridized carbons (Fsp3) is 0.458. The van der Waals surface area contributed by atoms with Crippen molar-refractivity contribution >= 4 is 5.91 Å². The lowest BCUT2D eigenvalue weighted by Gasteiger charge is -2.44. The van der Waals surface area contributed by atoms with E-state index in [1.165, 1.54) is 12.1 Å². The molecule has 0 N–H and O–H groups in total. The second kappa shape index (κ2) is 9.40. The van der Waals surface area contributed by atoms with Crippen LogP contribution in [0.3, 0.4) is 0 Å². The summed E-state index contributed by atoms with van der Waals surface area (Å²) in [5.74, 6) is 0.927. The minimum absolute atomic E-state index is 0.0179. The van der Waals surface area contributed by atoms with Crippen molar-refractivity contribution in [3.63, 3.8) is 0 Å². The van der Waals surface area contributed by atoms with Crippen LogP contribution >= 0.6 is 0 Å². The lowest BCUT2D eigenvalue weighted by molar-refractivity contribution is -0.139. The molecule has 0 bridgehead atoms. The molecule has 0 spiro atoms. The normalized spacial score (nSPS) is 20.1. The van der Waals surface area contributed by atoms with Crippen molar-refractivity contribution in [3.05, 3.63) is 65.5 Å². The number of amides is 1. The Morgan fingerprint density at radius 1 is 1.07 bits per heavy atom. The summed E-state index contributed by atoms with van der Waals surface area (Å²) in [5.41, 5.74) is 2.20. The highest BCUT2D eigenvalue weighted by Gasteiger charge is 2.32. The minimum atomic E-state index is -0.218. The number of hydrogen-bond donors (Lipinski definition) is 0. The number of rotatable bonds is 6. The van der Waals surface area contributed by atoms with Crippen molar-refractivity contribution in [2.24, 2.45) is 0 Å². The number of nitrogens with zero attached hydrogens (tertiary/aromatic N) is 2. The Bertz CT molecular complexity index is 822. The third-order valence-corrected chi connectivity index (χ3v) is 5.63. The van der Waals surface area contributed by atoms with E-state index in [9.17, 15) is 9.18 Å².